The number of aryl methyl sites for hydroxylation is 1. The highest BCUT2D eigenvalue weighted by atomic mass is 19.1. The van der Waals surface area contributed by atoms with Crippen LogP contribution in [0.5, 0.6) is 0 Å². The summed E-state index contributed by atoms with van der Waals surface area (Å²) >= 11 is 0. The number of halogens is 1. The molecule has 5 heteroatoms. The standard InChI is InChI=1S/C24H28FN3O/c1-2-3-6-18-9-11-19(12-10-18)24(28-13-15-29-16-14-28)21-17-26-27-23(21)20-7-4-5-8-22(20)25/h4-5,7-12,17,24H,2-3,6,13-16H2,1H3,(H,26,27). The zero-order valence-corrected chi connectivity index (χ0v) is 16.9. The molecule has 4 nitrogen and oxygen atoms in total. The first-order valence-corrected chi connectivity index (χ1v) is 10.5. The number of hydrogen-bond donors (Lipinski definition) is 1. The number of aromatic nitrogens is 2. The lowest BCUT2D eigenvalue weighted by atomic mass is 9.93. The summed E-state index contributed by atoms with van der Waals surface area (Å²) in [5, 5.41) is 7.33. The number of morpholine rings is 1. The Hall–Kier alpha value is -2.50. The number of unbranched alkanes of at least 4 members (excludes halogenated alkanes) is 1. The van der Waals surface area contributed by atoms with E-state index < -0.39 is 0 Å². The minimum atomic E-state index is -0.242. The van der Waals surface area contributed by atoms with Crippen LogP contribution < -0.4 is 0 Å². The van der Waals surface area contributed by atoms with Crippen LogP contribution in [0.1, 0.15) is 42.5 Å². The van der Waals surface area contributed by atoms with E-state index in [1.165, 1.54) is 30.0 Å². The molecule has 0 spiro atoms. The number of benzene rings is 2. The van der Waals surface area contributed by atoms with Gasteiger partial charge in [0.05, 0.1) is 31.1 Å². The van der Waals surface area contributed by atoms with Crippen LogP contribution >= 0.6 is 0 Å². The van der Waals surface area contributed by atoms with Gasteiger partial charge in [-0.2, -0.15) is 5.10 Å². The monoisotopic (exact) mass is 393 g/mol. The molecule has 2 heterocycles. The molecule has 152 valence electrons. The van der Waals surface area contributed by atoms with E-state index in [4.69, 9.17) is 4.74 Å². The molecule has 1 aromatic heterocycles. The fourth-order valence-corrected chi connectivity index (χ4v) is 4.05. The van der Waals surface area contributed by atoms with Crippen molar-refractivity contribution in [2.75, 3.05) is 26.3 Å². The van der Waals surface area contributed by atoms with Gasteiger partial charge in [0.2, 0.25) is 0 Å². The van der Waals surface area contributed by atoms with Gasteiger partial charge in [-0.3, -0.25) is 10.00 Å². The minimum absolute atomic E-state index is 0.00693. The summed E-state index contributed by atoms with van der Waals surface area (Å²) in [6.45, 7) is 5.30. The predicted molar refractivity (Wildman–Crippen MR) is 113 cm³/mol. The number of aromatic amines is 1. The smallest absolute Gasteiger partial charge is 0.132 e. The first-order chi connectivity index (χ1) is 14.3. The molecule has 1 atom stereocenters. The second-order valence-electron chi connectivity index (χ2n) is 7.58. The zero-order chi connectivity index (χ0) is 20.1. The largest absolute Gasteiger partial charge is 0.379 e. The van der Waals surface area contributed by atoms with Crippen LogP contribution in [0.25, 0.3) is 11.3 Å². The molecule has 3 aromatic rings. The van der Waals surface area contributed by atoms with Gasteiger partial charge in [0.1, 0.15) is 5.82 Å². The minimum Gasteiger partial charge on any atom is -0.379 e. The van der Waals surface area contributed by atoms with E-state index in [2.05, 4.69) is 46.3 Å². The maximum Gasteiger partial charge on any atom is 0.132 e. The number of hydrogen-bond acceptors (Lipinski definition) is 3. The molecule has 0 radical (unpaired) electrons. The van der Waals surface area contributed by atoms with Crippen molar-refractivity contribution in [3.63, 3.8) is 0 Å². The molecule has 1 aliphatic rings. The van der Waals surface area contributed by atoms with Gasteiger partial charge < -0.3 is 4.74 Å². The third-order valence-corrected chi connectivity index (χ3v) is 5.63. The quantitative estimate of drug-likeness (QED) is 0.615. The molecule has 1 saturated heterocycles. The van der Waals surface area contributed by atoms with Gasteiger partial charge in [0, 0.05) is 24.2 Å². The number of ether oxygens (including phenoxy) is 1. The average Bonchev–Trinajstić information content (AvgIpc) is 3.23. The molecule has 0 aliphatic carbocycles. The maximum atomic E-state index is 14.5. The summed E-state index contributed by atoms with van der Waals surface area (Å²) in [7, 11) is 0. The van der Waals surface area contributed by atoms with Gasteiger partial charge in [-0.15, -0.1) is 0 Å². The molecular formula is C24H28FN3O. The fourth-order valence-electron chi connectivity index (χ4n) is 4.05. The highest BCUT2D eigenvalue weighted by molar-refractivity contribution is 5.65. The Morgan fingerprint density at radius 3 is 2.59 bits per heavy atom. The zero-order valence-electron chi connectivity index (χ0n) is 16.9. The summed E-state index contributed by atoms with van der Waals surface area (Å²) in [5.74, 6) is -0.242. The molecule has 1 N–H and O–H groups in total. The van der Waals surface area contributed by atoms with E-state index in [1.807, 2.05) is 12.3 Å². The van der Waals surface area contributed by atoms with Gasteiger partial charge in [-0.1, -0.05) is 49.7 Å². The Balaban J connectivity index is 1.73. The summed E-state index contributed by atoms with van der Waals surface area (Å²) in [6.07, 6.45) is 5.34. The van der Waals surface area contributed by atoms with E-state index in [9.17, 15) is 4.39 Å². The first kappa shape index (κ1) is 19.8. The Morgan fingerprint density at radius 2 is 1.86 bits per heavy atom. The second-order valence-corrected chi connectivity index (χ2v) is 7.58. The van der Waals surface area contributed by atoms with Crippen LogP contribution in [0.2, 0.25) is 0 Å². The third-order valence-electron chi connectivity index (χ3n) is 5.63. The van der Waals surface area contributed by atoms with Gasteiger partial charge in [-0.25, -0.2) is 4.39 Å². The Morgan fingerprint density at radius 1 is 1.10 bits per heavy atom. The maximum absolute atomic E-state index is 14.5. The lowest BCUT2D eigenvalue weighted by Gasteiger charge is -2.35. The Labute approximate surface area is 171 Å². The topological polar surface area (TPSA) is 41.2 Å². The van der Waals surface area contributed by atoms with Gasteiger partial charge in [0.25, 0.3) is 0 Å². The van der Waals surface area contributed by atoms with Crippen LogP contribution in [-0.4, -0.2) is 41.4 Å². The van der Waals surface area contributed by atoms with Crippen molar-refractivity contribution in [3.05, 3.63) is 77.2 Å². The second kappa shape index (κ2) is 9.33. The van der Waals surface area contributed by atoms with Crippen molar-refractivity contribution >= 4 is 0 Å². The van der Waals surface area contributed by atoms with Crippen molar-refractivity contribution in [3.8, 4) is 11.3 Å². The average molecular weight is 394 g/mol. The molecule has 29 heavy (non-hydrogen) atoms. The van der Waals surface area contributed by atoms with Gasteiger partial charge in [-0.05, 0) is 36.1 Å². The molecule has 1 unspecified atom stereocenters. The van der Waals surface area contributed by atoms with Crippen molar-refractivity contribution in [1.29, 1.82) is 0 Å². The first-order valence-electron chi connectivity index (χ1n) is 10.5. The summed E-state index contributed by atoms with van der Waals surface area (Å²) in [5.41, 5.74) is 4.86. The van der Waals surface area contributed by atoms with E-state index >= 15 is 0 Å². The number of H-pyrrole nitrogens is 1. The van der Waals surface area contributed by atoms with Crippen LogP contribution in [0.4, 0.5) is 4.39 Å². The lowest BCUT2D eigenvalue weighted by Crippen LogP contribution is -2.39. The van der Waals surface area contributed by atoms with E-state index in [-0.39, 0.29) is 11.9 Å². The van der Waals surface area contributed by atoms with Crippen molar-refractivity contribution < 1.29 is 9.13 Å². The SMILES string of the molecule is CCCCc1ccc(C(c2cn[nH]c2-c2ccccc2F)N2CCOCC2)cc1. The normalized spacial score (nSPS) is 16.1. The highest BCUT2D eigenvalue weighted by Crippen LogP contribution is 2.36. The number of nitrogens with zero attached hydrogens (tertiary/aromatic N) is 2. The van der Waals surface area contributed by atoms with E-state index in [1.54, 1.807) is 12.1 Å². The van der Waals surface area contributed by atoms with Gasteiger partial charge >= 0.3 is 0 Å². The highest BCUT2D eigenvalue weighted by Gasteiger charge is 2.28. The summed E-state index contributed by atoms with van der Waals surface area (Å²) in [6, 6.07) is 15.7. The molecular weight excluding hydrogens is 365 g/mol. The van der Waals surface area contributed by atoms with Crippen molar-refractivity contribution in [2.24, 2.45) is 0 Å². The third kappa shape index (κ3) is 4.41. The Kier molecular flexibility index (Phi) is 6.37. The molecule has 0 amide bonds. The Bertz CT molecular complexity index is 916. The van der Waals surface area contributed by atoms with Crippen LogP contribution in [0.3, 0.4) is 0 Å². The summed E-state index contributed by atoms with van der Waals surface area (Å²) < 4.78 is 20.1. The fraction of sp³-hybridized carbons (Fsp3) is 0.375. The van der Waals surface area contributed by atoms with Crippen LogP contribution in [0.15, 0.2) is 54.7 Å². The van der Waals surface area contributed by atoms with E-state index in [0.717, 1.165) is 30.8 Å². The van der Waals surface area contributed by atoms with Gasteiger partial charge in [0.15, 0.2) is 0 Å². The molecule has 1 fully saturated rings. The molecule has 0 bridgehead atoms. The van der Waals surface area contributed by atoms with Crippen molar-refractivity contribution in [2.45, 2.75) is 32.2 Å². The molecule has 1 aliphatic heterocycles. The number of rotatable bonds is 7. The van der Waals surface area contributed by atoms with Crippen LogP contribution in [0, 0.1) is 5.82 Å². The van der Waals surface area contributed by atoms with E-state index in [0.29, 0.717) is 18.8 Å². The predicted octanol–water partition coefficient (Wildman–Crippen LogP) is 4.98. The molecule has 2 aromatic carbocycles. The van der Waals surface area contributed by atoms with Crippen molar-refractivity contribution in [1.82, 2.24) is 15.1 Å². The summed E-state index contributed by atoms with van der Waals surface area (Å²) in [4.78, 5) is 2.40. The number of nitrogens with one attached hydrogen (secondary N) is 1. The lowest BCUT2D eigenvalue weighted by molar-refractivity contribution is 0.0240. The molecule has 4 rings (SSSR count). The van der Waals surface area contributed by atoms with Crippen LogP contribution in [-0.2, 0) is 11.2 Å². The molecule has 0 saturated carbocycles.